The van der Waals surface area contributed by atoms with Crippen LogP contribution >= 0.6 is 0 Å². The number of carbonyl (C=O) groups is 2. The lowest BCUT2D eigenvalue weighted by molar-refractivity contribution is -0.122. The lowest BCUT2D eigenvalue weighted by atomic mass is 9.89. The van der Waals surface area contributed by atoms with Crippen LogP contribution in [-0.2, 0) is 17.6 Å². The first-order valence-electron chi connectivity index (χ1n) is 10.8. The van der Waals surface area contributed by atoms with Crippen molar-refractivity contribution in [3.05, 3.63) is 34.9 Å². The fourth-order valence-electron chi connectivity index (χ4n) is 4.26. The molecular formula is C23H34N2O2. The second-order valence-electron chi connectivity index (χ2n) is 8.15. The maximum atomic E-state index is 12.5. The molecule has 0 bridgehead atoms. The zero-order valence-electron chi connectivity index (χ0n) is 16.8. The van der Waals surface area contributed by atoms with Gasteiger partial charge in [-0.15, -0.1) is 0 Å². The number of likely N-dealkylation sites (tertiary alicyclic amines) is 1. The number of piperidine rings is 1. The van der Waals surface area contributed by atoms with Gasteiger partial charge in [-0.25, -0.2) is 0 Å². The molecule has 4 nitrogen and oxygen atoms in total. The lowest BCUT2D eigenvalue weighted by Crippen LogP contribution is -2.44. The number of carbonyl (C=O) groups excluding carboxylic acids is 2. The number of nitrogens with zero attached hydrogens (tertiary/aromatic N) is 1. The normalized spacial score (nSPS) is 18.1. The average molecular weight is 371 g/mol. The van der Waals surface area contributed by atoms with Crippen molar-refractivity contribution in [3.63, 3.8) is 0 Å². The molecule has 0 unspecified atom stereocenters. The molecule has 2 aliphatic rings. The number of unbranched alkanes of at least 4 members (excludes halogenated alkanes) is 1. The van der Waals surface area contributed by atoms with Gasteiger partial charge in [-0.2, -0.15) is 0 Å². The van der Waals surface area contributed by atoms with Crippen LogP contribution in [0.4, 0.5) is 0 Å². The Hall–Kier alpha value is -1.68. The summed E-state index contributed by atoms with van der Waals surface area (Å²) in [5.41, 5.74) is 3.49. The van der Waals surface area contributed by atoms with Gasteiger partial charge in [0.25, 0.3) is 0 Å². The van der Waals surface area contributed by atoms with Gasteiger partial charge in [0, 0.05) is 37.5 Å². The van der Waals surface area contributed by atoms with Gasteiger partial charge < -0.3 is 10.2 Å². The number of hydrogen-bond donors (Lipinski definition) is 1. The first kappa shape index (κ1) is 20.1. The second kappa shape index (κ2) is 10.0. The molecule has 1 aliphatic heterocycles. The Morgan fingerprint density at radius 3 is 2.56 bits per heavy atom. The van der Waals surface area contributed by atoms with E-state index in [1.807, 2.05) is 6.07 Å². The van der Waals surface area contributed by atoms with E-state index in [-0.39, 0.29) is 17.7 Å². The molecule has 1 N–H and O–H groups in total. The number of hydrogen-bond acceptors (Lipinski definition) is 3. The molecule has 0 atom stereocenters. The number of benzene rings is 1. The van der Waals surface area contributed by atoms with Crippen LogP contribution in [-0.4, -0.2) is 42.3 Å². The van der Waals surface area contributed by atoms with Crippen molar-refractivity contribution in [1.82, 2.24) is 10.2 Å². The average Bonchev–Trinajstić information content (AvgIpc) is 2.71. The topological polar surface area (TPSA) is 49.4 Å². The van der Waals surface area contributed by atoms with Crippen molar-refractivity contribution in [2.24, 2.45) is 0 Å². The smallest absolute Gasteiger partial charge is 0.220 e. The number of amides is 1. The van der Waals surface area contributed by atoms with Crippen LogP contribution in [0, 0.1) is 0 Å². The van der Waals surface area contributed by atoms with E-state index in [0.29, 0.717) is 12.8 Å². The van der Waals surface area contributed by atoms with Crippen LogP contribution in [0.5, 0.6) is 0 Å². The molecule has 1 aromatic carbocycles. The molecule has 1 fully saturated rings. The minimum Gasteiger partial charge on any atom is -0.353 e. The van der Waals surface area contributed by atoms with Crippen molar-refractivity contribution in [1.29, 1.82) is 0 Å². The zero-order chi connectivity index (χ0) is 19.1. The summed E-state index contributed by atoms with van der Waals surface area (Å²) < 4.78 is 0. The van der Waals surface area contributed by atoms with E-state index in [1.165, 1.54) is 43.4 Å². The number of Topliss-reactive ketones (excluding diaryl/α,β-unsaturated/α-hetero) is 1. The highest BCUT2D eigenvalue weighted by Gasteiger charge is 2.21. The summed E-state index contributed by atoms with van der Waals surface area (Å²) in [5, 5.41) is 3.13. The molecule has 1 heterocycles. The van der Waals surface area contributed by atoms with Crippen molar-refractivity contribution in [3.8, 4) is 0 Å². The Kier molecular flexibility index (Phi) is 7.45. The van der Waals surface area contributed by atoms with Gasteiger partial charge in [-0.05, 0) is 68.7 Å². The number of rotatable bonds is 8. The molecule has 1 aliphatic carbocycles. The molecule has 1 aromatic rings. The van der Waals surface area contributed by atoms with Gasteiger partial charge >= 0.3 is 0 Å². The Morgan fingerprint density at radius 2 is 1.81 bits per heavy atom. The highest BCUT2D eigenvalue weighted by atomic mass is 16.2. The zero-order valence-corrected chi connectivity index (χ0v) is 16.8. The first-order chi connectivity index (χ1) is 13.2. The summed E-state index contributed by atoms with van der Waals surface area (Å²) in [5.74, 6) is 0.112. The maximum Gasteiger partial charge on any atom is 0.220 e. The molecule has 148 valence electrons. The summed E-state index contributed by atoms with van der Waals surface area (Å²) in [7, 11) is 0. The predicted octanol–water partition coefficient (Wildman–Crippen LogP) is 3.91. The fraction of sp³-hybridized carbons (Fsp3) is 0.652. The van der Waals surface area contributed by atoms with Crippen LogP contribution in [0.3, 0.4) is 0 Å². The molecule has 1 amide bonds. The van der Waals surface area contributed by atoms with Crippen molar-refractivity contribution in [2.45, 2.75) is 77.2 Å². The van der Waals surface area contributed by atoms with Gasteiger partial charge in [0.05, 0.1) is 0 Å². The number of fused-ring (bicyclic) bond motifs is 1. The summed E-state index contributed by atoms with van der Waals surface area (Å²) >= 11 is 0. The number of ketones is 1. The molecule has 0 saturated carbocycles. The lowest BCUT2D eigenvalue weighted by Gasteiger charge is -2.32. The van der Waals surface area contributed by atoms with Crippen LogP contribution < -0.4 is 5.32 Å². The van der Waals surface area contributed by atoms with E-state index in [1.54, 1.807) is 0 Å². The SMILES string of the molecule is CCCCN1CCC(NC(=O)CCC(=O)c2ccc3c(c2)CCCC3)CC1. The Balaban J connectivity index is 1.40. The van der Waals surface area contributed by atoms with E-state index >= 15 is 0 Å². The number of aryl methyl sites for hydroxylation is 2. The van der Waals surface area contributed by atoms with E-state index < -0.39 is 0 Å². The molecule has 0 radical (unpaired) electrons. The third-order valence-corrected chi connectivity index (χ3v) is 6.03. The van der Waals surface area contributed by atoms with E-state index in [4.69, 9.17) is 0 Å². The molecule has 1 saturated heterocycles. The largest absolute Gasteiger partial charge is 0.353 e. The molecule has 3 rings (SSSR count). The van der Waals surface area contributed by atoms with E-state index in [0.717, 1.165) is 44.3 Å². The van der Waals surface area contributed by atoms with Gasteiger partial charge in [0.2, 0.25) is 5.91 Å². The van der Waals surface area contributed by atoms with Crippen molar-refractivity contribution >= 4 is 11.7 Å². The number of nitrogens with one attached hydrogen (secondary N) is 1. The molecule has 0 aromatic heterocycles. The summed E-state index contributed by atoms with van der Waals surface area (Å²) in [4.78, 5) is 27.2. The highest BCUT2D eigenvalue weighted by molar-refractivity contribution is 5.98. The van der Waals surface area contributed by atoms with Gasteiger partial charge in [-0.1, -0.05) is 25.5 Å². The summed E-state index contributed by atoms with van der Waals surface area (Å²) in [6.07, 6.45) is 9.80. The first-order valence-corrected chi connectivity index (χ1v) is 10.8. The second-order valence-corrected chi connectivity index (χ2v) is 8.15. The van der Waals surface area contributed by atoms with Gasteiger partial charge in [0.1, 0.15) is 0 Å². The van der Waals surface area contributed by atoms with Gasteiger partial charge in [0.15, 0.2) is 5.78 Å². The van der Waals surface area contributed by atoms with E-state index in [9.17, 15) is 9.59 Å². The van der Waals surface area contributed by atoms with Crippen LogP contribution in [0.1, 0.15) is 79.8 Å². The van der Waals surface area contributed by atoms with Crippen LogP contribution in [0.15, 0.2) is 18.2 Å². The quantitative estimate of drug-likeness (QED) is 0.706. The Labute approximate surface area is 163 Å². The van der Waals surface area contributed by atoms with Crippen molar-refractivity contribution in [2.75, 3.05) is 19.6 Å². The molecule has 27 heavy (non-hydrogen) atoms. The standard InChI is InChI=1S/C23H34N2O2/c1-2-3-14-25-15-12-21(13-16-25)24-23(27)11-10-22(26)20-9-8-18-6-4-5-7-19(18)17-20/h8-9,17,21H,2-7,10-16H2,1H3,(H,24,27). The minimum absolute atomic E-state index is 0.0216. The summed E-state index contributed by atoms with van der Waals surface area (Å²) in [6.45, 7) is 5.53. The minimum atomic E-state index is 0.0216. The molecule has 0 spiro atoms. The summed E-state index contributed by atoms with van der Waals surface area (Å²) in [6, 6.07) is 6.37. The Bertz CT molecular complexity index is 648. The monoisotopic (exact) mass is 370 g/mol. The molecular weight excluding hydrogens is 336 g/mol. The van der Waals surface area contributed by atoms with Crippen LogP contribution in [0.25, 0.3) is 0 Å². The third-order valence-electron chi connectivity index (χ3n) is 6.03. The third kappa shape index (κ3) is 5.90. The maximum absolute atomic E-state index is 12.5. The molecule has 4 heteroatoms. The van der Waals surface area contributed by atoms with Crippen molar-refractivity contribution < 1.29 is 9.59 Å². The Morgan fingerprint density at radius 1 is 1.07 bits per heavy atom. The highest BCUT2D eigenvalue weighted by Crippen LogP contribution is 2.23. The van der Waals surface area contributed by atoms with Crippen LogP contribution in [0.2, 0.25) is 0 Å². The fourth-order valence-corrected chi connectivity index (χ4v) is 4.26. The predicted molar refractivity (Wildman–Crippen MR) is 109 cm³/mol. The van der Waals surface area contributed by atoms with Gasteiger partial charge in [-0.3, -0.25) is 9.59 Å². The van der Waals surface area contributed by atoms with E-state index in [2.05, 4.69) is 29.3 Å².